The Morgan fingerprint density at radius 3 is 2.63 bits per heavy atom. The van der Waals surface area contributed by atoms with Crippen LogP contribution < -0.4 is 5.32 Å². The van der Waals surface area contributed by atoms with Crippen LogP contribution in [-0.2, 0) is 4.79 Å². The van der Waals surface area contributed by atoms with Crippen molar-refractivity contribution in [1.82, 2.24) is 4.90 Å². The maximum Gasteiger partial charge on any atom is 0.321 e. The molecule has 0 aliphatic carbocycles. The number of carbonyl (C=O) groups is 2. The molecule has 1 aliphatic rings. The van der Waals surface area contributed by atoms with Gasteiger partial charge in [0.15, 0.2) is 0 Å². The number of halogens is 1. The molecule has 1 atom stereocenters. The largest absolute Gasteiger partial charge is 0.481 e. The number of amides is 2. The second kappa shape index (κ2) is 5.93. The van der Waals surface area contributed by atoms with E-state index in [0.29, 0.717) is 30.1 Å². The van der Waals surface area contributed by atoms with Crippen molar-refractivity contribution in [2.45, 2.75) is 12.8 Å². The standard InChI is InChI=1S/C13H15ClN2O3/c14-10-3-5-11(6-4-10)15-13(19)16-7-1-2-9(8-16)12(17)18/h3-6,9H,1-2,7-8H2,(H,15,19)(H,17,18). The van der Waals surface area contributed by atoms with Crippen LogP contribution in [-0.4, -0.2) is 35.1 Å². The van der Waals surface area contributed by atoms with Crippen molar-refractivity contribution < 1.29 is 14.7 Å². The quantitative estimate of drug-likeness (QED) is 0.876. The van der Waals surface area contributed by atoms with E-state index in [1.807, 2.05) is 0 Å². The molecule has 102 valence electrons. The Morgan fingerprint density at radius 1 is 1.32 bits per heavy atom. The molecule has 1 heterocycles. The molecule has 0 bridgehead atoms. The smallest absolute Gasteiger partial charge is 0.321 e. The van der Waals surface area contributed by atoms with Crippen molar-refractivity contribution in [3.63, 3.8) is 0 Å². The minimum absolute atomic E-state index is 0.259. The van der Waals surface area contributed by atoms with Crippen LogP contribution in [0.15, 0.2) is 24.3 Å². The van der Waals surface area contributed by atoms with E-state index in [4.69, 9.17) is 16.7 Å². The molecule has 0 aromatic heterocycles. The van der Waals surface area contributed by atoms with E-state index in [9.17, 15) is 9.59 Å². The highest BCUT2D eigenvalue weighted by atomic mass is 35.5. The summed E-state index contributed by atoms with van der Waals surface area (Å²) in [5.41, 5.74) is 0.645. The molecule has 2 amide bonds. The van der Waals surface area contributed by atoms with Crippen molar-refractivity contribution in [2.75, 3.05) is 18.4 Å². The predicted molar refractivity (Wildman–Crippen MR) is 72.4 cm³/mol. The molecule has 1 aromatic rings. The molecule has 19 heavy (non-hydrogen) atoms. The average Bonchev–Trinajstić information content (AvgIpc) is 2.41. The van der Waals surface area contributed by atoms with Crippen LogP contribution in [0, 0.1) is 5.92 Å². The fraction of sp³-hybridized carbons (Fsp3) is 0.385. The van der Waals surface area contributed by atoms with Crippen molar-refractivity contribution in [2.24, 2.45) is 5.92 Å². The van der Waals surface area contributed by atoms with Gasteiger partial charge in [-0.15, -0.1) is 0 Å². The Morgan fingerprint density at radius 2 is 2.00 bits per heavy atom. The van der Waals surface area contributed by atoms with E-state index < -0.39 is 11.9 Å². The Kier molecular flexibility index (Phi) is 4.27. The lowest BCUT2D eigenvalue weighted by Crippen LogP contribution is -2.44. The highest BCUT2D eigenvalue weighted by Crippen LogP contribution is 2.18. The van der Waals surface area contributed by atoms with Crippen LogP contribution in [0.4, 0.5) is 10.5 Å². The summed E-state index contributed by atoms with van der Waals surface area (Å²) in [5.74, 6) is -1.31. The number of nitrogens with zero attached hydrogens (tertiary/aromatic N) is 1. The van der Waals surface area contributed by atoms with Gasteiger partial charge >= 0.3 is 12.0 Å². The number of carboxylic acid groups (broad SMARTS) is 1. The average molecular weight is 283 g/mol. The fourth-order valence-corrected chi connectivity index (χ4v) is 2.22. The number of urea groups is 1. The third-order valence-corrected chi connectivity index (χ3v) is 3.41. The molecule has 1 aliphatic heterocycles. The van der Waals surface area contributed by atoms with Gasteiger partial charge in [0.05, 0.1) is 5.92 Å². The second-order valence-corrected chi connectivity index (χ2v) is 5.00. The molecule has 1 unspecified atom stereocenters. The summed E-state index contributed by atoms with van der Waals surface area (Å²) in [6, 6.07) is 6.52. The lowest BCUT2D eigenvalue weighted by Gasteiger charge is -2.30. The number of benzene rings is 1. The number of rotatable bonds is 2. The number of hydrogen-bond donors (Lipinski definition) is 2. The summed E-state index contributed by atoms with van der Waals surface area (Å²) in [7, 11) is 0. The first-order valence-electron chi connectivity index (χ1n) is 6.10. The van der Waals surface area contributed by atoms with Gasteiger partial charge in [-0.1, -0.05) is 11.6 Å². The van der Waals surface area contributed by atoms with E-state index in [-0.39, 0.29) is 12.6 Å². The molecule has 1 saturated heterocycles. The van der Waals surface area contributed by atoms with E-state index in [1.54, 1.807) is 24.3 Å². The maximum absolute atomic E-state index is 12.0. The Labute approximate surface area is 116 Å². The molecular formula is C13H15ClN2O3. The summed E-state index contributed by atoms with van der Waals surface area (Å²) in [4.78, 5) is 24.5. The first-order chi connectivity index (χ1) is 9.06. The number of anilines is 1. The molecule has 1 aromatic carbocycles. The predicted octanol–water partition coefficient (Wildman–Crippen LogP) is 2.67. The van der Waals surface area contributed by atoms with Gasteiger partial charge in [-0.3, -0.25) is 4.79 Å². The van der Waals surface area contributed by atoms with Crippen LogP contribution in [0.5, 0.6) is 0 Å². The van der Waals surface area contributed by atoms with Crippen LogP contribution in [0.1, 0.15) is 12.8 Å². The zero-order valence-electron chi connectivity index (χ0n) is 10.3. The van der Waals surface area contributed by atoms with Gasteiger partial charge in [-0.25, -0.2) is 4.79 Å². The minimum Gasteiger partial charge on any atom is -0.481 e. The van der Waals surface area contributed by atoms with E-state index in [2.05, 4.69) is 5.32 Å². The number of nitrogens with one attached hydrogen (secondary N) is 1. The summed E-state index contributed by atoms with van der Waals surface area (Å²) in [5, 5.41) is 12.3. The number of carbonyl (C=O) groups excluding carboxylic acids is 1. The second-order valence-electron chi connectivity index (χ2n) is 4.56. The Bertz CT molecular complexity index is 475. The normalized spacial score (nSPS) is 19.0. The molecule has 2 rings (SSSR count). The molecule has 2 N–H and O–H groups in total. The number of likely N-dealkylation sites (tertiary alicyclic amines) is 1. The molecule has 1 fully saturated rings. The van der Waals surface area contributed by atoms with Gasteiger partial charge in [0.2, 0.25) is 0 Å². The molecule has 0 saturated carbocycles. The lowest BCUT2D eigenvalue weighted by atomic mass is 9.99. The summed E-state index contributed by atoms with van der Waals surface area (Å²) in [6.45, 7) is 0.845. The van der Waals surface area contributed by atoms with E-state index in [0.717, 1.165) is 0 Å². The minimum atomic E-state index is -0.844. The van der Waals surface area contributed by atoms with Gasteiger partial charge in [-0.2, -0.15) is 0 Å². The van der Waals surface area contributed by atoms with Gasteiger partial charge in [0.25, 0.3) is 0 Å². The summed E-state index contributed by atoms with van der Waals surface area (Å²) < 4.78 is 0. The lowest BCUT2D eigenvalue weighted by molar-refractivity contribution is -0.143. The third-order valence-electron chi connectivity index (χ3n) is 3.15. The molecule has 0 spiro atoms. The zero-order valence-corrected chi connectivity index (χ0v) is 11.1. The first kappa shape index (κ1) is 13.7. The van der Waals surface area contributed by atoms with Gasteiger partial charge < -0.3 is 15.3 Å². The number of piperidine rings is 1. The monoisotopic (exact) mass is 282 g/mol. The Hall–Kier alpha value is -1.75. The van der Waals surface area contributed by atoms with E-state index in [1.165, 1.54) is 4.90 Å². The molecular weight excluding hydrogens is 268 g/mol. The Balaban J connectivity index is 1.96. The topological polar surface area (TPSA) is 69.6 Å². The van der Waals surface area contributed by atoms with Gasteiger partial charge in [0, 0.05) is 23.8 Å². The number of carboxylic acids is 1. The zero-order chi connectivity index (χ0) is 13.8. The molecule has 6 heteroatoms. The SMILES string of the molecule is O=C(O)C1CCCN(C(=O)Nc2ccc(Cl)cc2)C1. The first-order valence-corrected chi connectivity index (χ1v) is 6.48. The van der Waals surface area contributed by atoms with Crippen molar-refractivity contribution in [3.8, 4) is 0 Å². The van der Waals surface area contributed by atoms with Gasteiger partial charge in [-0.05, 0) is 37.1 Å². The molecule has 5 nitrogen and oxygen atoms in total. The highest BCUT2D eigenvalue weighted by molar-refractivity contribution is 6.30. The molecule has 0 radical (unpaired) electrons. The number of hydrogen-bond acceptors (Lipinski definition) is 2. The van der Waals surface area contributed by atoms with Crippen molar-refractivity contribution >= 4 is 29.3 Å². The van der Waals surface area contributed by atoms with Crippen molar-refractivity contribution in [1.29, 1.82) is 0 Å². The number of aliphatic carboxylic acids is 1. The summed E-state index contributed by atoms with van der Waals surface area (Å²) >= 11 is 5.76. The summed E-state index contributed by atoms with van der Waals surface area (Å²) in [6.07, 6.45) is 1.34. The van der Waals surface area contributed by atoms with Crippen LogP contribution >= 0.6 is 11.6 Å². The maximum atomic E-state index is 12.0. The highest BCUT2D eigenvalue weighted by Gasteiger charge is 2.28. The van der Waals surface area contributed by atoms with Crippen LogP contribution in [0.2, 0.25) is 5.02 Å². The fourth-order valence-electron chi connectivity index (χ4n) is 2.10. The van der Waals surface area contributed by atoms with Crippen molar-refractivity contribution in [3.05, 3.63) is 29.3 Å². The van der Waals surface area contributed by atoms with E-state index >= 15 is 0 Å². The third kappa shape index (κ3) is 3.61. The van der Waals surface area contributed by atoms with Crippen LogP contribution in [0.3, 0.4) is 0 Å². The van der Waals surface area contributed by atoms with Gasteiger partial charge in [0.1, 0.15) is 0 Å². The van der Waals surface area contributed by atoms with Crippen LogP contribution in [0.25, 0.3) is 0 Å².